The topological polar surface area (TPSA) is 54.0 Å². The Morgan fingerprint density at radius 3 is 1.89 bits per heavy atom. The van der Waals surface area contributed by atoms with Crippen molar-refractivity contribution in [2.75, 3.05) is 21.3 Å². The molecule has 0 aliphatic heterocycles. The zero-order valence-corrected chi connectivity index (χ0v) is 18.9. The molecule has 0 aliphatic carbocycles. The Labute approximate surface area is 181 Å². The second-order valence-electron chi connectivity index (χ2n) is 7.05. The molecule has 0 heterocycles. The number of benzene rings is 2. The van der Waals surface area contributed by atoms with E-state index in [2.05, 4.69) is 0 Å². The number of hydrogen-bond acceptors (Lipinski definition) is 5. The standard InChI is InChI=1S/C21H27O5P.Li/c1-13-10-14(26-21(2,3)4)8-9-18(13)27-20(22)19-16(24-6)11-15(23-5)12-17(19)25-7;/h8-12,27H,1-7H3;. The van der Waals surface area contributed by atoms with E-state index in [1.165, 1.54) is 14.2 Å². The summed E-state index contributed by atoms with van der Waals surface area (Å²) in [5, 5.41) is 0.959. The molecule has 1 radical (unpaired) electrons. The Kier molecular flexibility index (Phi) is 8.89. The van der Waals surface area contributed by atoms with Crippen molar-refractivity contribution in [2.45, 2.75) is 33.3 Å². The molecule has 0 fully saturated rings. The van der Waals surface area contributed by atoms with Crippen LogP contribution in [0.1, 0.15) is 36.7 Å². The van der Waals surface area contributed by atoms with Gasteiger partial charge in [-0.15, -0.1) is 0 Å². The Bertz CT molecular complexity index is 805. The van der Waals surface area contributed by atoms with E-state index in [9.17, 15) is 4.79 Å². The molecule has 0 N–H and O–H groups in total. The number of rotatable bonds is 7. The summed E-state index contributed by atoms with van der Waals surface area (Å²) in [7, 11) is 4.55. The smallest absolute Gasteiger partial charge is 0.193 e. The molecule has 2 aromatic rings. The summed E-state index contributed by atoms with van der Waals surface area (Å²) in [5.74, 6) is 2.24. The van der Waals surface area contributed by atoms with Crippen molar-refractivity contribution in [3.63, 3.8) is 0 Å². The fraction of sp³-hybridized carbons (Fsp3) is 0.381. The molecule has 1 unspecified atom stereocenters. The van der Waals surface area contributed by atoms with Crippen LogP contribution < -0.4 is 24.3 Å². The molecule has 147 valence electrons. The van der Waals surface area contributed by atoms with E-state index in [1.807, 2.05) is 45.9 Å². The van der Waals surface area contributed by atoms with Crippen LogP contribution in [0.4, 0.5) is 0 Å². The molecule has 5 nitrogen and oxygen atoms in total. The van der Waals surface area contributed by atoms with Gasteiger partial charge in [0.25, 0.3) is 0 Å². The van der Waals surface area contributed by atoms with E-state index in [0.29, 0.717) is 22.8 Å². The number of aryl methyl sites for hydroxylation is 1. The average Bonchev–Trinajstić information content (AvgIpc) is 2.61. The van der Waals surface area contributed by atoms with Gasteiger partial charge in [-0.05, 0) is 59.3 Å². The SMILES string of the molecule is COc1cc(OC)c(C(=O)Pc2ccc(OC(C)(C)C)cc2C)c(OC)c1.[Li]. The molecular weight excluding hydrogens is 370 g/mol. The van der Waals surface area contributed by atoms with Crippen LogP contribution in [0.25, 0.3) is 0 Å². The maximum atomic E-state index is 13.0. The maximum absolute atomic E-state index is 13.0. The average molecular weight is 397 g/mol. The third kappa shape index (κ3) is 6.17. The molecule has 2 aromatic carbocycles. The Hall–Kier alpha value is -1.66. The second-order valence-corrected chi connectivity index (χ2v) is 8.30. The number of ether oxygens (including phenoxy) is 4. The molecule has 0 spiro atoms. The van der Waals surface area contributed by atoms with Crippen molar-refractivity contribution in [1.29, 1.82) is 0 Å². The van der Waals surface area contributed by atoms with Crippen LogP contribution in [0, 0.1) is 6.92 Å². The molecule has 7 heteroatoms. The van der Waals surface area contributed by atoms with Crippen LogP contribution in [-0.2, 0) is 0 Å². The molecule has 0 aliphatic rings. The van der Waals surface area contributed by atoms with Gasteiger partial charge in [0.05, 0.1) is 21.3 Å². The molecule has 2 rings (SSSR count). The molecule has 0 saturated carbocycles. The van der Waals surface area contributed by atoms with E-state index >= 15 is 0 Å². The van der Waals surface area contributed by atoms with E-state index in [1.54, 1.807) is 19.2 Å². The summed E-state index contributed by atoms with van der Waals surface area (Å²) in [6.45, 7) is 7.99. The monoisotopic (exact) mass is 397 g/mol. The summed E-state index contributed by atoms with van der Waals surface area (Å²) in [4.78, 5) is 13.0. The summed E-state index contributed by atoms with van der Waals surface area (Å²) in [6.07, 6.45) is 0. The third-order valence-corrected chi connectivity index (χ3v) is 5.12. The quantitative estimate of drug-likeness (QED) is 0.523. The van der Waals surface area contributed by atoms with E-state index in [-0.39, 0.29) is 38.6 Å². The van der Waals surface area contributed by atoms with Crippen molar-refractivity contribution < 1.29 is 23.7 Å². The second kappa shape index (κ2) is 10.2. The summed E-state index contributed by atoms with van der Waals surface area (Å²) < 4.78 is 21.9. The predicted octanol–water partition coefficient (Wildman–Crippen LogP) is 3.96. The molecule has 0 aromatic heterocycles. The first kappa shape index (κ1) is 24.4. The van der Waals surface area contributed by atoms with Crippen LogP contribution in [0.3, 0.4) is 0 Å². The maximum Gasteiger partial charge on any atom is 0.193 e. The third-order valence-electron chi connectivity index (χ3n) is 3.81. The Balaban J connectivity index is 0.00000392. The summed E-state index contributed by atoms with van der Waals surface area (Å²) >= 11 is 0. The fourth-order valence-corrected chi connectivity index (χ4v) is 3.66. The minimum absolute atomic E-state index is 0. The van der Waals surface area contributed by atoms with Gasteiger partial charge in [-0.2, -0.15) is 0 Å². The largest absolute Gasteiger partial charge is 0.496 e. The van der Waals surface area contributed by atoms with Crippen molar-refractivity contribution in [3.8, 4) is 23.0 Å². The minimum atomic E-state index is -0.268. The summed E-state index contributed by atoms with van der Waals surface area (Å²) in [6, 6.07) is 9.18. The van der Waals surface area contributed by atoms with Gasteiger partial charge in [-0.1, -0.05) is 6.07 Å². The van der Waals surface area contributed by atoms with Gasteiger partial charge in [0.15, 0.2) is 5.52 Å². The van der Waals surface area contributed by atoms with Crippen LogP contribution >= 0.6 is 8.58 Å². The first-order valence-corrected chi connectivity index (χ1v) is 9.59. The minimum Gasteiger partial charge on any atom is -0.496 e. The van der Waals surface area contributed by atoms with E-state index in [4.69, 9.17) is 18.9 Å². The zero-order valence-electron chi connectivity index (χ0n) is 17.9. The van der Waals surface area contributed by atoms with Crippen LogP contribution in [0.2, 0.25) is 0 Å². The molecule has 28 heavy (non-hydrogen) atoms. The molecule has 0 amide bonds. The van der Waals surface area contributed by atoms with Gasteiger partial charge >= 0.3 is 0 Å². The van der Waals surface area contributed by atoms with E-state index < -0.39 is 0 Å². The van der Waals surface area contributed by atoms with Crippen molar-refractivity contribution >= 4 is 38.3 Å². The van der Waals surface area contributed by atoms with Crippen molar-refractivity contribution in [3.05, 3.63) is 41.5 Å². The molecule has 0 saturated heterocycles. The Morgan fingerprint density at radius 1 is 0.893 bits per heavy atom. The predicted molar refractivity (Wildman–Crippen MR) is 116 cm³/mol. The first-order valence-electron chi connectivity index (χ1n) is 8.59. The number of methoxy groups -OCH3 is 3. The van der Waals surface area contributed by atoms with Crippen LogP contribution in [0.5, 0.6) is 23.0 Å². The van der Waals surface area contributed by atoms with Crippen LogP contribution in [-0.4, -0.2) is 51.3 Å². The van der Waals surface area contributed by atoms with Gasteiger partial charge in [0, 0.05) is 31.0 Å². The van der Waals surface area contributed by atoms with Crippen LogP contribution in [0.15, 0.2) is 30.3 Å². The Morgan fingerprint density at radius 2 is 1.46 bits per heavy atom. The van der Waals surface area contributed by atoms with Gasteiger partial charge < -0.3 is 18.9 Å². The zero-order chi connectivity index (χ0) is 20.2. The van der Waals surface area contributed by atoms with Gasteiger partial charge in [-0.25, -0.2) is 0 Å². The molecule has 0 bridgehead atoms. The van der Waals surface area contributed by atoms with E-state index in [0.717, 1.165) is 16.6 Å². The van der Waals surface area contributed by atoms with Crippen molar-refractivity contribution in [1.82, 2.24) is 0 Å². The normalized spacial score (nSPS) is 11.1. The first-order chi connectivity index (χ1) is 12.7. The van der Waals surface area contributed by atoms with Gasteiger partial charge in [0.2, 0.25) is 0 Å². The molecular formula is C21H27LiO5P. The fourth-order valence-electron chi connectivity index (χ4n) is 2.61. The molecule has 1 atom stereocenters. The van der Waals surface area contributed by atoms with Gasteiger partial charge in [0.1, 0.15) is 34.2 Å². The van der Waals surface area contributed by atoms with Gasteiger partial charge in [-0.3, -0.25) is 4.79 Å². The van der Waals surface area contributed by atoms with Crippen molar-refractivity contribution in [2.24, 2.45) is 0 Å². The number of carbonyl (C=O) groups excluding carboxylic acids is 1. The number of carbonyl (C=O) groups is 1. The summed E-state index contributed by atoms with van der Waals surface area (Å²) in [5.41, 5.74) is 1.11. The number of hydrogen-bond donors (Lipinski definition) is 0.